The van der Waals surface area contributed by atoms with Crippen molar-refractivity contribution in [3.63, 3.8) is 0 Å². The zero-order chi connectivity index (χ0) is 17.7. The van der Waals surface area contributed by atoms with Crippen molar-refractivity contribution in [3.05, 3.63) is 68.0 Å². The van der Waals surface area contributed by atoms with E-state index < -0.39 is 0 Å². The zero-order valence-corrected chi connectivity index (χ0v) is 16.0. The highest BCUT2D eigenvalue weighted by Crippen LogP contribution is 2.50. The summed E-state index contributed by atoms with van der Waals surface area (Å²) in [7, 11) is 0. The third kappa shape index (κ3) is 2.51. The Labute approximate surface area is 157 Å². The third-order valence-electron chi connectivity index (χ3n) is 4.32. The fraction of sp³-hybridized carbons (Fsp3) is 0.158. The van der Waals surface area contributed by atoms with E-state index in [-0.39, 0.29) is 11.8 Å². The summed E-state index contributed by atoms with van der Waals surface area (Å²) in [4.78, 5) is 6.54. The van der Waals surface area contributed by atoms with Gasteiger partial charge >= 0.3 is 0 Å². The molecule has 2 N–H and O–H groups in total. The number of pyridine rings is 1. The van der Waals surface area contributed by atoms with E-state index in [4.69, 9.17) is 10.5 Å². The van der Waals surface area contributed by atoms with Crippen LogP contribution in [-0.4, -0.2) is 4.98 Å². The van der Waals surface area contributed by atoms with Gasteiger partial charge in [-0.1, -0.05) is 28.1 Å². The molecule has 0 unspecified atom stereocenters. The first-order valence-corrected chi connectivity index (χ1v) is 9.34. The van der Waals surface area contributed by atoms with Gasteiger partial charge in [-0.3, -0.25) is 0 Å². The second kappa shape index (κ2) is 5.87. The van der Waals surface area contributed by atoms with E-state index in [2.05, 4.69) is 27.0 Å². The van der Waals surface area contributed by atoms with Crippen molar-refractivity contribution in [2.45, 2.75) is 19.8 Å². The summed E-state index contributed by atoms with van der Waals surface area (Å²) >= 11 is 5.02. The fourth-order valence-electron chi connectivity index (χ4n) is 3.25. The van der Waals surface area contributed by atoms with Crippen molar-refractivity contribution >= 4 is 37.5 Å². The highest BCUT2D eigenvalue weighted by molar-refractivity contribution is 9.10. The van der Waals surface area contributed by atoms with Gasteiger partial charge in [0.1, 0.15) is 16.5 Å². The minimum absolute atomic E-state index is 0.169. The Balaban J connectivity index is 2.02. The van der Waals surface area contributed by atoms with E-state index >= 15 is 0 Å². The molecule has 25 heavy (non-hydrogen) atoms. The second-order valence-corrected chi connectivity index (χ2v) is 7.98. The second-order valence-electron chi connectivity index (χ2n) is 6.03. The van der Waals surface area contributed by atoms with Crippen molar-refractivity contribution in [3.8, 4) is 11.8 Å². The molecule has 0 saturated heterocycles. The minimum atomic E-state index is -0.235. The number of hydrogen-bond acceptors (Lipinski definition) is 5. The lowest BCUT2D eigenvalue weighted by Crippen LogP contribution is -2.19. The first-order valence-electron chi connectivity index (χ1n) is 7.73. The van der Waals surface area contributed by atoms with Gasteiger partial charge in [0.15, 0.2) is 5.75 Å². The van der Waals surface area contributed by atoms with E-state index in [0.29, 0.717) is 5.57 Å². The lowest BCUT2D eigenvalue weighted by Gasteiger charge is -2.24. The van der Waals surface area contributed by atoms with E-state index in [9.17, 15) is 5.26 Å². The molecule has 3 heterocycles. The van der Waals surface area contributed by atoms with Crippen molar-refractivity contribution < 1.29 is 4.74 Å². The number of thiophene rings is 1. The van der Waals surface area contributed by atoms with Gasteiger partial charge in [0.2, 0.25) is 5.88 Å². The largest absolute Gasteiger partial charge is 0.439 e. The number of aryl methyl sites for hydroxylation is 2. The van der Waals surface area contributed by atoms with E-state index in [0.717, 1.165) is 42.1 Å². The highest BCUT2D eigenvalue weighted by Gasteiger charge is 2.34. The number of rotatable bonds is 1. The predicted molar refractivity (Wildman–Crippen MR) is 103 cm³/mol. The summed E-state index contributed by atoms with van der Waals surface area (Å²) in [6, 6.07) is 12.2. The monoisotopic (exact) mass is 411 g/mol. The number of aromatic nitrogens is 1. The molecule has 1 atom stereocenters. The number of benzene rings is 1. The molecule has 6 heteroatoms. The van der Waals surface area contributed by atoms with Crippen LogP contribution >= 0.6 is 27.3 Å². The summed E-state index contributed by atoms with van der Waals surface area (Å²) in [6.45, 7) is 4.02. The first-order chi connectivity index (χ1) is 12.0. The third-order valence-corrected chi connectivity index (χ3v) is 5.98. The number of hydrogen-bond donors (Lipinski definition) is 1. The van der Waals surface area contributed by atoms with Crippen LogP contribution in [0.25, 0.3) is 10.2 Å². The summed E-state index contributed by atoms with van der Waals surface area (Å²) in [6.07, 6.45) is 0. The maximum Gasteiger partial charge on any atom is 0.205 e. The van der Waals surface area contributed by atoms with Gasteiger partial charge in [-0.25, -0.2) is 4.98 Å². The Hall–Kier alpha value is -2.36. The standard InChI is InChI=1S/C19H14BrN3OS/c1-9-7-10(2)23-19-14(9)16-17(25-19)15(13(8-21)18(22)24-16)11-3-5-12(20)6-4-11/h3-7,15H,22H2,1-2H3/t15-/m0/s1. The van der Waals surface area contributed by atoms with Gasteiger partial charge in [0.25, 0.3) is 0 Å². The minimum Gasteiger partial charge on any atom is -0.439 e. The van der Waals surface area contributed by atoms with Crippen LogP contribution in [-0.2, 0) is 0 Å². The van der Waals surface area contributed by atoms with Crippen molar-refractivity contribution in [2.24, 2.45) is 5.73 Å². The molecule has 0 fully saturated rings. The molecule has 0 amide bonds. The SMILES string of the molecule is Cc1cc(C)c2c3c(sc2n1)[C@@H](c1ccc(Br)cc1)C(C#N)=C(N)O3. The molecule has 3 aromatic rings. The van der Waals surface area contributed by atoms with Crippen LogP contribution in [0.3, 0.4) is 0 Å². The Kier molecular flexibility index (Phi) is 3.78. The van der Waals surface area contributed by atoms with E-state index in [1.54, 1.807) is 11.3 Å². The molecule has 2 aromatic heterocycles. The molecule has 0 bridgehead atoms. The molecule has 0 radical (unpaired) electrons. The molecule has 1 aromatic carbocycles. The first kappa shape index (κ1) is 16.1. The summed E-state index contributed by atoms with van der Waals surface area (Å²) in [5.41, 5.74) is 9.61. The normalized spacial score (nSPS) is 16.5. The molecule has 0 aliphatic carbocycles. The van der Waals surface area contributed by atoms with Gasteiger partial charge < -0.3 is 10.5 Å². The molecule has 0 spiro atoms. The summed E-state index contributed by atoms with van der Waals surface area (Å²) < 4.78 is 6.87. The van der Waals surface area contributed by atoms with Crippen LogP contribution in [0.2, 0.25) is 0 Å². The molecule has 4 nitrogen and oxygen atoms in total. The fourth-order valence-corrected chi connectivity index (χ4v) is 4.88. The number of nitrogens with zero attached hydrogens (tertiary/aromatic N) is 2. The van der Waals surface area contributed by atoms with Gasteiger partial charge in [-0.15, -0.1) is 11.3 Å². The molecule has 1 aliphatic heterocycles. The Morgan fingerprint density at radius 1 is 1.28 bits per heavy atom. The number of nitriles is 1. The lowest BCUT2D eigenvalue weighted by atomic mass is 9.88. The molecule has 124 valence electrons. The maximum absolute atomic E-state index is 9.66. The highest BCUT2D eigenvalue weighted by atomic mass is 79.9. The number of halogens is 1. The van der Waals surface area contributed by atoms with E-state index in [1.807, 2.05) is 44.2 Å². The lowest BCUT2D eigenvalue weighted by molar-refractivity contribution is 0.401. The number of allylic oxidation sites excluding steroid dienone is 1. The molecule has 1 aliphatic rings. The van der Waals surface area contributed by atoms with Crippen molar-refractivity contribution in [1.29, 1.82) is 5.26 Å². The van der Waals surface area contributed by atoms with Crippen LogP contribution in [0.5, 0.6) is 5.75 Å². The zero-order valence-electron chi connectivity index (χ0n) is 13.6. The van der Waals surface area contributed by atoms with Crippen molar-refractivity contribution in [1.82, 2.24) is 4.98 Å². The summed E-state index contributed by atoms with van der Waals surface area (Å²) in [5.74, 6) is 0.665. The number of fused-ring (bicyclic) bond motifs is 3. The van der Waals surface area contributed by atoms with Gasteiger partial charge in [-0.2, -0.15) is 5.26 Å². The van der Waals surface area contributed by atoms with Crippen molar-refractivity contribution in [2.75, 3.05) is 0 Å². The number of nitrogens with two attached hydrogens (primary N) is 1. The Bertz CT molecular complexity index is 1080. The smallest absolute Gasteiger partial charge is 0.205 e. The van der Waals surface area contributed by atoms with Gasteiger partial charge in [-0.05, 0) is 43.2 Å². The van der Waals surface area contributed by atoms with E-state index in [1.165, 1.54) is 0 Å². The van der Waals surface area contributed by atoms with Crippen LogP contribution in [0.15, 0.2) is 46.3 Å². The molecular formula is C19H14BrN3OS. The Morgan fingerprint density at radius 2 is 2.00 bits per heavy atom. The van der Waals surface area contributed by atoms with Crippen LogP contribution in [0, 0.1) is 25.2 Å². The van der Waals surface area contributed by atoms with Crippen LogP contribution in [0.1, 0.15) is 27.6 Å². The average Bonchev–Trinajstić information content (AvgIpc) is 2.92. The molecule has 0 saturated carbocycles. The summed E-state index contributed by atoms with van der Waals surface area (Å²) in [5, 5.41) is 10.6. The van der Waals surface area contributed by atoms with Crippen LogP contribution < -0.4 is 10.5 Å². The molecular weight excluding hydrogens is 398 g/mol. The molecule has 4 rings (SSSR count). The Morgan fingerprint density at radius 3 is 2.68 bits per heavy atom. The average molecular weight is 412 g/mol. The predicted octanol–water partition coefficient (Wildman–Crippen LogP) is 4.89. The maximum atomic E-state index is 9.66. The van der Waals surface area contributed by atoms with Gasteiger partial charge in [0.05, 0.1) is 16.2 Å². The quantitative estimate of drug-likeness (QED) is 0.618. The van der Waals surface area contributed by atoms with Crippen LogP contribution in [0.4, 0.5) is 0 Å². The topological polar surface area (TPSA) is 71.9 Å². The van der Waals surface area contributed by atoms with Gasteiger partial charge in [0, 0.05) is 10.2 Å². The number of ether oxygens (including phenoxy) is 1.